The van der Waals surface area contributed by atoms with E-state index < -0.39 is 0 Å². The SMILES string of the molecule is N#CC[C@@H]1CSC(c2cc3cccc(NC4CCCC4)c3[nH]2)=N1. The summed E-state index contributed by atoms with van der Waals surface area (Å²) in [6, 6.07) is 11.5. The van der Waals surface area contributed by atoms with Gasteiger partial charge in [-0.25, -0.2) is 0 Å². The summed E-state index contributed by atoms with van der Waals surface area (Å²) >= 11 is 1.74. The molecule has 4 nitrogen and oxygen atoms in total. The van der Waals surface area contributed by atoms with Crippen molar-refractivity contribution in [3.05, 3.63) is 30.0 Å². The van der Waals surface area contributed by atoms with E-state index in [-0.39, 0.29) is 6.04 Å². The van der Waals surface area contributed by atoms with Crippen molar-refractivity contribution in [1.82, 2.24) is 4.98 Å². The smallest absolute Gasteiger partial charge is 0.114 e. The maximum atomic E-state index is 8.83. The lowest BCUT2D eigenvalue weighted by atomic mass is 10.2. The van der Waals surface area contributed by atoms with Crippen molar-refractivity contribution in [2.45, 2.75) is 44.2 Å². The molecule has 2 N–H and O–H groups in total. The summed E-state index contributed by atoms with van der Waals surface area (Å²) in [4.78, 5) is 8.23. The number of hydrogen-bond donors (Lipinski definition) is 2. The summed E-state index contributed by atoms with van der Waals surface area (Å²) in [5.74, 6) is 0.908. The minimum Gasteiger partial charge on any atom is -0.381 e. The third kappa shape index (κ3) is 2.96. The van der Waals surface area contributed by atoms with Crippen LogP contribution in [0.3, 0.4) is 0 Å². The van der Waals surface area contributed by atoms with Crippen LogP contribution < -0.4 is 5.32 Å². The molecule has 1 atom stereocenters. The van der Waals surface area contributed by atoms with Crippen LogP contribution in [-0.4, -0.2) is 27.9 Å². The fraction of sp³-hybridized carbons (Fsp3) is 0.444. The first-order valence-corrected chi connectivity index (χ1v) is 9.28. The second-order valence-electron chi connectivity index (χ2n) is 6.34. The Hall–Kier alpha value is -1.93. The van der Waals surface area contributed by atoms with Crippen LogP contribution in [0.25, 0.3) is 10.9 Å². The van der Waals surface area contributed by atoms with Crippen molar-refractivity contribution in [3.8, 4) is 6.07 Å². The number of rotatable bonds is 4. The van der Waals surface area contributed by atoms with Crippen LogP contribution >= 0.6 is 11.8 Å². The zero-order chi connectivity index (χ0) is 15.6. The van der Waals surface area contributed by atoms with E-state index in [0.717, 1.165) is 16.5 Å². The number of aromatic nitrogens is 1. The molecule has 1 fully saturated rings. The maximum Gasteiger partial charge on any atom is 0.114 e. The molecule has 0 bridgehead atoms. The first kappa shape index (κ1) is 14.6. The number of hydrogen-bond acceptors (Lipinski definition) is 4. The summed E-state index contributed by atoms with van der Waals surface area (Å²) in [6.45, 7) is 0. The molecule has 0 unspecified atom stereocenters. The quantitative estimate of drug-likeness (QED) is 0.881. The summed E-state index contributed by atoms with van der Waals surface area (Å²) in [6.07, 6.45) is 5.70. The average Bonchev–Trinajstić information content (AvgIpc) is 3.27. The van der Waals surface area contributed by atoms with E-state index in [1.54, 1.807) is 11.8 Å². The zero-order valence-electron chi connectivity index (χ0n) is 13.0. The van der Waals surface area contributed by atoms with E-state index in [1.807, 2.05) is 0 Å². The van der Waals surface area contributed by atoms with Crippen molar-refractivity contribution < 1.29 is 0 Å². The Morgan fingerprint density at radius 3 is 3.04 bits per heavy atom. The first-order chi connectivity index (χ1) is 11.3. The van der Waals surface area contributed by atoms with Gasteiger partial charge in [0.2, 0.25) is 0 Å². The van der Waals surface area contributed by atoms with Gasteiger partial charge < -0.3 is 10.3 Å². The van der Waals surface area contributed by atoms with Crippen LogP contribution in [0.5, 0.6) is 0 Å². The number of nitriles is 1. The van der Waals surface area contributed by atoms with E-state index in [9.17, 15) is 0 Å². The Morgan fingerprint density at radius 2 is 2.22 bits per heavy atom. The van der Waals surface area contributed by atoms with Crippen LogP contribution in [-0.2, 0) is 0 Å². The minimum atomic E-state index is 0.141. The van der Waals surface area contributed by atoms with Gasteiger partial charge in [-0.05, 0) is 25.0 Å². The Kier molecular flexibility index (Phi) is 4.00. The maximum absolute atomic E-state index is 8.83. The van der Waals surface area contributed by atoms with Gasteiger partial charge >= 0.3 is 0 Å². The van der Waals surface area contributed by atoms with Gasteiger partial charge in [-0.15, -0.1) is 11.8 Å². The predicted octanol–water partition coefficient (Wildman–Crippen LogP) is 4.30. The molecule has 4 rings (SSSR count). The number of fused-ring (bicyclic) bond motifs is 1. The Labute approximate surface area is 140 Å². The summed E-state index contributed by atoms with van der Waals surface area (Å²) in [7, 11) is 0. The number of para-hydroxylation sites is 1. The highest BCUT2D eigenvalue weighted by molar-refractivity contribution is 8.14. The van der Waals surface area contributed by atoms with Gasteiger partial charge in [0, 0.05) is 17.2 Å². The van der Waals surface area contributed by atoms with Crippen molar-refractivity contribution in [1.29, 1.82) is 5.26 Å². The van der Waals surface area contributed by atoms with Crippen LogP contribution in [0, 0.1) is 11.3 Å². The Balaban J connectivity index is 1.63. The molecule has 1 aromatic carbocycles. The molecule has 0 radical (unpaired) electrons. The fourth-order valence-electron chi connectivity index (χ4n) is 3.45. The summed E-state index contributed by atoms with van der Waals surface area (Å²) in [5, 5.41) is 14.8. The van der Waals surface area contributed by atoms with E-state index >= 15 is 0 Å². The van der Waals surface area contributed by atoms with E-state index in [2.05, 4.69) is 45.6 Å². The van der Waals surface area contributed by atoms with Gasteiger partial charge in [0.25, 0.3) is 0 Å². The van der Waals surface area contributed by atoms with Crippen molar-refractivity contribution in [2.24, 2.45) is 4.99 Å². The Bertz CT molecular complexity index is 780. The highest BCUT2D eigenvalue weighted by atomic mass is 32.2. The normalized spacial score (nSPS) is 21.5. The number of anilines is 1. The molecular formula is C18H20N4S. The van der Waals surface area contributed by atoms with Gasteiger partial charge in [0.15, 0.2) is 0 Å². The molecule has 0 amide bonds. The highest BCUT2D eigenvalue weighted by Gasteiger charge is 2.21. The molecule has 0 spiro atoms. The lowest BCUT2D eigenvalue weighted by Gasteiger charge is -2.14. The fourth-order valence-corrected chi connectivity index (χ4v) is 4.49. The number of aromatic amines is 1. The molecule has 2 aliphatic rings. The Morgan fingerprint density at radius 1 is 1.35 bits per heavy atom. The predicted molar refractivity (Wildman–Crippen MR) is 97.2 cm³/mol. The van der Waals surface area contributed by atoms with Crippen LogP contribution in [0.2, 0.25) is 0 Å². The number of nitrogens with one attached hydrogen (secondary N) is 2. The summed E-state index contributed by atoms with van der Waals surface area (Å²) in [5.41, 5.74) is 3.44. The van der Waals surface area contributed by atoms with Gasteiger partial charge in [-0.2, -0.15) is 5.26 Å². The third-order valence-electron chi connectivity index (χ3n) is 4.64. The van der Waals surface area contributed by atoms with Gasteiger partial charge in [0.1, 0.15) is 5.04 Å². The van der Waals surface area contributed by atoms with Crippen molar-refractivity contribution in [2.75, 3.05) is 11.1 Å². The molecule has 5 heteroatoms. The highest BCUT2D eigenvalue weighted by Crippen LogP contribution is 2.31. The molecule has 2 heterocycles. The zero-order valence-corrected chi connectivity index (χ0v) is 13.8. The number of nitrogens with zero attached hydrogens (tertiary/aromatic N) is 2. The molecule has 1 saturated carbocycles. The topological polar surface area (TPSA) is 64.0 Å². The van der Waals surface area contributed by atoms with Crippen molar-refractivity contribution in [3.63, 3.8) is 0 Å². The molecule has 1 aliphatic carbocycles. The molecule has 1 aromatic heterocycles. The standard InChI is InChI=1S/C18H20N4S/c19-9-8-14-11-23-18(21-14)16-10-12-4-3-7-15(17(12)22-16)20-13-5-1-2-6-13/h3-4,7,10,13-14,20,22H,1-2,5-6,8,11H2/t14-/m1/s1. The molecule has 23 heavy (non-hydrogen) atoms. The number of aliphatic imine (C=N–C) groups is 1. The number of H-pyrrole nitrogens is 1. The molecule has 1 aliphatic heterocycles. The van der Waals surface area contributed by atoms with Gasteiger partial charge in [0.05, 0.1) is 35.4 Å². The van der Waals surface area contributed by atoms with Crippen LogP contribution in [0.15, 0.2) is 29.3 Å². The van der Waals surface area contributed by atoms with E-state index in [4.69, 9.17) is 5.26 Å². The second-order valence-corrected chi connectivity index (χ2v) is 7.35. The largest absolute Gasteiger partial charge is 0.381 e. The molecule has 118 valence electrons. The average molecular weight is 324 g/mol. The summed E-state index contributed by atoms with van der Waals surface area (Å²) < 4.78 is 0. The van der Waals surface area contributed by atoms with Gasteiger partial charge in [-0.3, -0.25) is 4.99 Å². The molecular weight excluding hydrogens is 304 g/mol. The van der Waals surface area contributed by atoms with E-state index in [1.165, 1.54) is 42.3 Å². The van der Waals surface area contributed by atoms with Gasteiger partial charge in [-0.1, -0.05) is 25.0 Å². The lowest BCUT2D eigenvalue weighted by molar-refractivity contribution is 0.756. The minimum absolute atomic E-state index is 0.141. The number of thioether (sulfide) groups is 1. The third-order valence-corrected chi connectivity index (χ3v) is 5.79. The van der Waals surface area contributed by atoms with Crippen LogP contribution in [0.4, 0.5) is 5.69 Å². The monoisotopic (exact) mass is 324 g/mol. The lowest BCUT2D eigenvalue weighted by Crippen LogP contribution is -2.14. The first-order valence-electron chi connectivity index (χ1n) is 8.29. The van der Waals surface area contributed by atoms with Crippen LogP contribution in [0.1, 0.15) is 37.8 Å². The molecule has 2 aromatic rings. The second kappa shape index (κ2) is 6.29. The van der Waals surface area contributed by atoms with Crippen molar-refractivity contribution >= 4 is 33.4 Å². The molecule has 0 saturated heterocycles. The van der Waals surface area contributed by atoms with E-state index in [0.29, 0.717) is 12.5 Å². The number of benzene rings is 1.